The van der Waals surface area contributed by atoms with Crippen LogP contribution in [0.25, 0.3) is 0 Å². The second kappa shape index (κ2) is 8.74. The van der Waals surface area contributed by atoms with Gasteiger partial charge >= 0.3 is 5.97 Å². The molecule has 2 atom stereocenters. The van der Waals surface area contributed by atoms with Crippen molar-refractivity contribution in [3.8, 4) is 11.5 Å². The molecule has 1 heterocycles. The van der Waals surface area contributed by atoms with Gasteiger partial charge in [-0.05, 0) is 37.0 Å². The molecule has 0 aromatic heterocycles. The molecular formula is C19H27NO5. The molecule has 6 nitrogen and oxygen atoms in total. The number of carboxylic acid groups (broad SMARTS) is 1. The van der Waals surface area contributed by atoms with E-state index in [1.54, 1.807) is 30.2 Å². The number of ether oxygens (including phenoxy) is 2. The van der Waals surface area contributed by atoms with Crippen LogP contribution in [0.2, 0.25) is 0 Å². The molecule has 0 radical (unpaired) electrons. The van der Waals surface area contributed by atoms with Crippen molar-refractivity contribution in [3.63, 3.8) is 0 Å². The second-order valence-corrected chi connectivity index (χ2v) is 6.53. The molecule has 0 saturated carbocycles. The van der Waals surface area contributed by atoms with Crippen molar-refractivity contribution in [1.29, 1.82) is 0 Å². The summed E-state index contributed by atoms with van der Waals surface area (Å²) in [6.07, 6.45) is 2.49. The van der Waals surface area contributed by atoms with Gasteiger partial charge in [0.1, 0.15) is 0 Å². The monoisotopic (exact) mass is 349 g/mol. The lowest BCUT2D eigenvalue weighted by molar-refractivity contribution is -0.145. The molecule has 1 aromatic rings. The number of carbonyl (C=O) groups is 2. The summed E-state index contributed by atoms with van der Waals surface area (Å²) >= 11 is 0. The minimum absolute atomic E-state index is 0.0613. The fourth-order valence-electron chi connectivity index (χ4n) is 3.13. The van der Waals surface area contributed by atoms with Gasteiger partial charge < -0.3 is 19.5 Å². The van der Waals surface area contributed by atoms with Crippen molar-refractivity contribution in [2.75, 3.05) is 26.8 Å². The Hall–Kier alpha value is -2.24. The summed E-state index contributed by atoms with van der Waals surface area (Å²) in [5.41, 5.74) is 0.528. The van der Waals surface area contributed by atoms with Gasteiger partial charge in [0.25, 0.3) is 5.91 Å². The fourth-order valence-corrected chi connectivity index (χ4v) is 3.13. The molecule has 1 saturated heterocycles. The van der Waals surface area contributed by atoms with Crippen LogP contribution in [0.3, 0.4) is 0 Å². The van der Waals surface area contributed by atoms with Gasteiger partial charge in [0.15, 0.2) is 11.5 Å². The van der Waals surface area contributed by atoms with Crippen LogP contribution in [0, 0.1) is 11.8 Å². The van der Waals surface area contributed by atoms with Crippen molar-refractivity contribution < 1.29 is 24.2 Å². The fraction of sp³-hybridized carbons (Fsp3) is 0.579. The average Bonchev–Trinajstić information content (AvgIpc) is 2.61. The highest BCUT2D eigenvalue weighted by molar-refractivity contribution is 5.95. The maximum absolute atomic E-state index is 12.7. The Kier molecular flexibility index (Phi) is 6.67. The van der Waals surface area contributed by atoms with Crippen molar-refractivity contribution in [2.24, 2.45) is 11.8 Å². The number of unbranched alkanes of at least 4 members (excludes halogenated alkanes) is 1. The molecular weight excluding hydrogens is 322 g/mol. The molecule has 2 rings (SSSR count). The molecule has 1 amide bonds. The lowest BCUT2D eigenvalue weighted by atomic mass is 9.87. The Balaban J connectivity index is 2.08. The third kappa shape index (κ3) is 4.65. The topological polar surface area (TPSA) is 76.1 Å². The van der Waals surface area contributed by atoms with Crippen LogP contribution in [0.4, 0.5) is 0 Å². The van der Waals surface area contributed by atoms with E-state index in [0.29, 0.717) is 43.2 Å². The predicted octanol–water partition coefficient (Wildman–Crippen LogP) is 3.06. The minimum atomic E-state index is -0.783. The second-order valence-electron chi connectivity index (χ2n) is 6.53. The predicted molar refractivity (Wildman–Crippen MR) is 94.2 cm³/mol. The summed E-state index contributed by atoms with van der Waals surface area (Å²) in [5.74, 6) is -0.161. The van der Waals surface area contributed by atoms with E-state index in [-0.39, 0.29) is 17.7 Å². The van der Waals surface area contributed by atoms with Crippen LogP contribution in [-0.2, 0) is 4.79 Å². The zero-order chi connectivity index (χ0) is 18.4. The first-order valence-corrected chi connectivity index (χ1v) is 8.80. The number of carbonyl (C=O) groups excluding carboxylic acids is 1. The molecule has 0 spiro atoms. The molecule has 1 aromatic carbocycles. The lowest BCUT2D eigenvalue weighted by Gasteiger charge is -2.35. The van der Waals surface area contributed by atoms with E-state index in [0.717, 1.165) is 12.8 Å². The van der Waals surface area contributed by atoms with Crippen LogP contribution in [-0.4, -0.2) is 48.7 Å². The van der Waals surface area contributed by atoms with Crippen LogP contribution < -0.4 is 9.47 Å². The third-order valence-corrected chi connectivity index (χ3v) is 4.68. The summed E-state index contributed by atoms with van der Waals surface area (Å²) in [6, 6.07) is 5.19. The summed E-state index contributed by atoms with van der Waals surface area (Å²) in [6.45, 7) is 5.49. The average molecular weight is 349 g/mol. The Labute approximate surface area is 148 Å². The third-order valence-electron chi connectivity index (χ3n) is 4.68. The van der Waals surface area contributed by atoms with Gasteiger partial charge in [0, 0.05) is 18.7 Å². The first kappa shape index (κ1) is 19.1. The highest BCUT2D eigenvalue weighted by atomic mass is 16.5. The maximum Gasteiger partial charge on any atom is 0.306 e. The van der Waals surface area contributed by atoms with Crippen LogP contribution in [0.15, 0.2) is 18.2 Å². The molecule has 1 aliphatic rings. The number of aliphatic carboxylic acids is 1. The minimum Gasteiger partial charge on any atom is -0.493 e. The van der Waals surface area contributed by atoms with Gasteiger partial charge in [0.05, 0.1) is 19.6 Å². The van der Waals surface area contributed by atoms with E-state index in [2.05, 4.69) is 6.92 Å². The van der Waals surface area contributed by atoms with Gasteiger partial charge in [-0.25, -0.2) is 0 Å². The molecule has 1 N–H and O–H groups in total. The van der Waals surface area contributed by atoms with Crippen molar-refractivity contribution in [1.82, 2.24) is 4.90 Å². The number of hydrogen-bond acceptors (Lipinski definition) is 4. The van der Waals surface area contributed by atoms with E-state index < -0.39 is 5.97 Å². The Morgan fingerprint density at radius 1 is 1.32 bits per heavy atom. The Bertz CT molecular complexity index is 616. The zero-order valence-corrected chi connectivity index (χ0v) is 15.2. The van der Waals surface area contributed by atoms with E-state index in [4.69, 9.17) is 9.47 Å². The summed E-state index contributed by atoms with van der Waals surface area (Å²) in [5, 5.41) is 9.20. The van der Waals surface area contributed by atoms with Crippen LogP contribution in [0.1, 0.15) is 43.5 Å². The van der Waals surface area contributed by atoms with Gasteiger partial charge in [-0.3, -0.25) is 9.59 Å². The van der Waals surface area contributed by atoms with E-state index in [1.807, 2.05) is 6.92 Å². The van der Waals surface area contributed by atoms with Crippen molar-refractivity contribution in [3.05, 3.63) is 23.8 Å². The zero-order valence-electron chi connectivity index (χ0n) is 15.2. The number of piperidine rings is 1. The van der Waals surface area contributed by atoms with Crippen LogP contribution >= 0.6 is 0 Å². The largest absolute Gasteiger partial charge is 0.493 e. The number of likely N-dealkylation sites (tertiary alicyclic amines) is 1. The summed E-state index contributed by atoms with van der Waals surface area (Å²) < 4.78 is 11.0. The normalized spacial score (nSPS) is 20.2. The Morgan fingerprint density at radius 3 is 2.68 bits per heavy atom. The summed E-state index contributed by atoms with van der Waals surface area (Å²) in [4.78, 5) is 25.7. The number of amides is 1. The van der Waals surface area contributed by atoms with Gasteiger partial charge in [-0.1, -0.05) is 20.3 Å². The van der Waals surface area contributed by atoms with E-state index in [9.17, 15) is 14.7 Å². The van der Waals surface area contributed by atoms with Gasteiger partial charge in [-0.15, -0.1) is 0 Å². The molecule has 6 heteroatoms. The van der Waals surface area contributed by atoms with E-state index in [1.165, 1.54) is 0 Å². The molecule has 1 fully saturated rings. The molecule has 138 valence electrons. The highest BCUT2D eigenvalue weighted by Crippen LogP contribution is 2.30. The SMILES string of the molecule is CCCCOc1ccc(C(=O)N2CCC(C(=O)O)C(C)C2)cc1OC. The lowest BCUT2D eigenvalue weighted by Crippen LogP contribution is -2.45. The number of carboxylic acids is 1. The number of nitrogens with zero attached hydrogens (tertiary/aromatic N) is 1. The molecule has 0 aliphatic carbocycles. The number of rotatable bonds is 7. The molecule has 1 aliphatic heterocycles. The molecule has 2 unspecified atom stereocenters. The van der Waals surface area contributed by atoms with Crippen LogP contribution in [0.5, 0.6) is 11.5 Å². The van der Waals surface area contributed by atoms with Gasteiger partial charge in [0.2, 0.25) is 0 Å². The van der Waals surface area contributed by atoms with Gasteiger partial charge in [-0.2, -0.15) is 0 Å². The van der Waals surface area contributed by atoms with E-state index >= 15 is 0 Å². The number of methoxy groups -OCH3 is 1. The number of benzene rings is 1. The Morgan fingerprint density at radius 2 is 2.08 bits per heavy atom. The first-order chi connectivity index (χ1) is 12.0. The van der Waals surface area contributed by atoms with Crippen molar-refractivity contribution >= 4 is 11.9 Å². The number of hydrogen-bond donors (Lipinski definition) is 1. The highest BCUT2D eigenvalue weighted by Gasteiger charge is 2.33. The molecule has 25 heavy (non-hydrogen) atoms. The standard InChI is InChI=1S/C19H27NO5/c1-4-5-10-25-16-7-6-14(11-17(16)24-3)18(21)20-9-8-15(19(22)23)13(2)12-20/h6-7,11,13,15H,4-5,8-10,12H2,1-3H3,(H,22,23). The smallest absolute Gasteiger partial charge is 0.306 e. The summed E-state index contributed by atoms with van der Waals surface area (Å²) in [7, 11) is 1.55. The molecule has 0 bridgehead atoms. The first-order valence-electron chi connectivity index (χ1n) is 8.80. The maximum atomic E-state index is 12.7. The van der Waals surface area contributed by atoms with Crippen molar-refractivity contribution in [2.45, 2.75) is 33.1 Å². The quantitative estimate of drug-likeness (QED) is 0.766.